The summed E-state index contributed by atoms with van der Waals surface area (Å²) in [4.78, 5) is 34.9. The van der Waals surface area contributed by atoms with E-state index in [4.69, 9.17) is 5.11 Å². The number of rotatable bonds is 4. The molecule has 0 saturated heterocycles. The second-order valence-corrected chi connectivity index (χ2v) is 7.53. The fourth-order valence-electron chi connectivity index (χ4n) is 5.59. The van der Waals surface area contributed by atoms with E-state index >= 15 is 0 Å². The molecule has 4 fully saturated rings. The minimum atomic E-state index is -1.17. The molecule has 1 unspecified atom stereocenters. The van der Waals surface area contributed by atoms with Crippen molar-refractivity contribution >= 4 is 17.5 Å². The molecule has 22 heavy (non-hydrogen) atoms. The summed E-state index contributed by atoms with van der Waals surface area (Å²) >= 11 is 0. The average molecular weight is 305 g/mol. The van der Waals surface area contributed by atoms with Gasteiger partial charge in [0.1, 0.15) is 5.71 Å². The number of nitrogens with zero attached hydrogens (tertiary/aromatic N) is 3. The van der Waals surface area contributed by atoms with Crippen molar-refractivity contribution in [1.82, 2.24) is 5.12 Å². The summed E-state index contributed by atoms with van der Waals surface area (Å²) in [6.07, 6.45) is 6.41. The molecule has 0 aromatic carbocycles. The van der Waals surface area contributed by atoms with Crippen molar-refractivity contribution in [3.63, 3.8) is 0 Å². The van der Waals surface area contributed by atoms with Gasteiger partial charge in [-0.1, -0.05) is 0 Å². The van der Waals surface area contributed by atoms with Gasteiger partial charge < -0.3 is 5.11 Å². The Morgan fingerprint density at radius 3 is 2.09 bits per heavy atom. The number of carbonyl (C=O) groups is 2. The van der Waals surface area contributed by atoms with Crippen LogP contribution in [0.25, 0.3) is 0 Å². The van der Waals surface area contributed by atoms with Gasteiger partial charge in [-0.15, -0.1) is 10.0 Å². The molecule has 5 rings (SSSR count). The Bertz CT molecular complexity index is 550. The molecular weight excluding hydrogens is 286 g/mol. The van der Waals surface area contributed by atoms with Gasteiger partial charge in [0, 0.05) is 11.8 Å². The third-order valence-electron chi connectivity index (χ3n) is 6.04. The van der Waals surface area contributed by atoms with E-state index in [1.165, 1.54) is 19.3 Å². The Morgan fingerprint density at radius 2 is 1.68 bits per heavy atom. The van der Waals surface area contributed by atoms with E-state index in [1.54, 1.807) is 0 Å². The van der Waals surface area contributed by atoms with Gasteiger partial charge in [-0.2, -0.15) is 5.10 Å². The van der Waals surface area contributed by atoms with Crippen LogP contribution in [0, 0.1) is 28.1 Å². The smallest absolute Gasteiger partial charge is 0.330 e. The number of nitroso groups, excluding NO2 is 1. The Balaban J connectivity index is 1.60. The Kier molecular flexibility index (Phi) is 2.90. The largest absolute Gasteiger partial charge is 0.480 e. The van der Waals surface area contributed by atoms with Gasteiger partial charge in [0.25, 0.3) is 0 Å². The SMILES string of the molecule is O=NN1N=C(C(=O)C23CC4CC(CC(C4)C2)C3)CC1C(=O)O. The standard InChI is InChI=1S/C15H19N3O4/c19-13(11-4-12(14(20)21)18(16-11)17-22)15-5-8-1-9(6-15)3-10(2-8)7-15/h8-10,12H,1-7H2,(H,20,21). The summed E-state index contributed by atoms with van der Waals surface area (Å²) in [7, 11) is 0. The molecule has 5 aliphatic rings. The van der Waals surface area contributed by atoms with E-state index in [0.29, 0.717) is 22.9 Å². The molecule has 0 spiro atoms. The number of carbonyl (C=O) groups excluding carboxylic acids is 1. The first-order chi connectivity index (χ1) is 10.5. The highest BCUT2D eigenvalue weighted by atomic mass is 16.4. The van der Waals surface area contributed by atoms with E-state index in [9.17, 15) is 14.5 Å². The molecule has 4 bridgehead atoms. The monoisotopic (exact) mass is 305 g/mol. The lowest BCUT2D eigenvalue weighted by Crippen LogP contribution is -2.51. The lowest BCUT2D eigenvalue weighted by Gasteiger charge is -2.55. The molecule has 0 radical (unpaired) electrons. The highest BCUT2D eigenvalue weighted by Gasteiger charge is 2.56. The molecular formula is C15H19N3O4. The minimum Gasteiger partial charge on any atom is -0.480 e. The van der Waals surface area contributed by atoms with Gasteiger partial charge in [-0.05, 0) is 56.3 Å². The summed E-state index contributed by atoms with van der Waals surface area (Å²) in [5.74, 6) is 0.703. The molecule has 4 aliphatic carbocycles. The Morgan fingerprint density at radius 1 is 1.14 bits per heavy atom. The van der Waals surface area contributed by atoms with Crippen molar-refractivity contribution in [2.75, 3.05) is 0 Å². The second-order valence-electron chi connectivity index (χ2n) is 7.53. The van der Waals surface area contributed by atoms with E-state index in [1.807, 2.05) is 0 Å². The van der Waals surface area contributed by atoms with Crippen molar-refractivity contribution in [2.24, 2.45) is 33.6 Å². The van der Waals surface area contributed by atoms with Crippen LogP contribution in [-0.2, 0) is 9.59 Å². The third-order valence-corrected chi connectivity index (χ3v) is 6.04. The average Bonchev–Trinajstić information content (AvgIpc) is 2.89. The maximum atomic E-state index is 13.0. The first-order valence-corrected chi connectivity index (χ1v) is 7.98. The number of hydrogen-bond acceptors (Lipinski definition) is 5. The fourth-order valence-corrected chi connectivity index (χ4v) is 5.59. The normalized spacial score (nSPS) is 42.4. The Hall–Kier alpha value is -1.79. The van der Waals surface area contributed by atoms with Crippen LogP contribution in [-0.4, -0.2) is 33.7 Å². The van der Waals surface area contributed by atoms with E-state index in [2.05, 4.69) is 10.4 Å². The predicted octanol–water partition coefficient (Wildman–Crippen LogP) is 1.97. The molecule has 7 nitrogen and oxygen atoms in total. The fraction of sp³-hybridized carbons (Fsp3) is 0.800. The molecule has 118 valence electrons. The van der Waals surface area contributed by atoms with Crippen LogP contribution < -0.4 is 0 Å². The van der Waals surface area contributed by atoms with Crippen LogP contribution in [0.2, 0.25) is 0 Å². The lowest BCUT2D eigenvalue weighted by atomic mass is 9.48. The number of carboxylic acid groups (broad SMARTS) is 1. The van der Waals surface area contributed by atoms with Crippen molar-refractivity contribution in [1.29, 1.82) is 0 Å². The van der Waals surface area contributed by atoms with Crippen LogP contribution in [0.1, 0.15) is 44.9 Å². The van der Waals surface area contributed by atoms with Crippen molar-refractivity contribution in [3.05, 3.63) is 4.91 Å². The zero-order chi connectivity index (χ0) is 15.5. The number of carboxylic acids is 1. The summed E-state index contributed by atoms with van der Waals surface area (Å²) in [5, 5.41) is 16.3. The highest BCUT2D eigenvalue weighted by Crippen LogP contribution is 2.60. The summed E-state index contributed by atoms with van der Waals surface area (Å²) in [6.45, 7) is 0. The van der Waals surface area contributed by atoms with Crippen molar-refractivity contribution in [2.45, 2.75) is 51.0 Å². The topological polar surface area (TPSA) is 99.4 Å². The number of hydrogen-bond donors (Lipinski definition) is 1. The van der Waals surface area contributed by atoms with E-state index < -0.39 is 12.0 Å². The Labute approximate surface area is 127 Å². The van der Waals surface area contributed by atoms with E-state index in [-0.39, 0.29) is 23.3 Å². The number of Topliss-reactive ketones (excluding diaryl/α,β-unsaturated/α-hetero) is 1. The molecule has 0 aromatic rings. The summed E-state index contributed by atoms with van der Waals surface area (Å²) in [6, 6.07) is -1.13. The quantitative estimate of drug-likeness (QED) is 0.800. The van der Waals surface area contributed by atoms with Crippen LogP contribution >= 0.6 is 0 Å². The highest BCUT2D eigenvalue weighted by molar-refractivity contribution is 6.42. The molecule has 0 amide bonds. The summed E-state index contributed by atoms with van der Waals surface area (Å²) < 4.78 is 0. The van der Waals surface area contributed by atoms with Gasteiger partial charge in [0.2, 0.25) is 0 Å². The molecule has 1 atom stereocenters. The number of ketones is 1. The molecule has 1 N–H and O–H groups in total. The second kappa shape index (κ2) is 4.60. The zero-order valence-electron chi connectivity index (χ0n) is 12.3. The van der Waals surface area contributed by atoms with Gasteiger partial charge in [0.15, 0.2) is 11.8 Å². The molecule has 7 heteroatoms. The molecule has 4 saturated carbocycles. The van der Waals surface area contributed by atoms with E-state index in [0.717, 1.165) is 19.3 Å². The zero-order valence-corrected chi connectivity index (χ0v) is 12.3. The molecule has 0 aromatic heterocycles. The predicted molar refractivity (Wildman–Crippen MR) is 76.7 cm³/mol. The van der Waals surface area contributed by atoms with Gasteiger partial charge in [-0.3, -0.25) is 4.79 Å². The van der Waals surface area contributed by atoms with Gasteiger partial charge in [0.05, 0.1) is 5.29 Å². The molecule has 1 aliphatic heterocycles. The van der Waals surface area contributed by atoms with Crippen LogP contribution in [0.5, 0.6) is 0 Å². The molecule has 1 heterocycles. The van der Waals surface area contributed by atoms with Gasteiger partial charge >= 0.3 is 5.97 Å². The first kappa shape index (κ1) is 13.8. The van der Waals surface area contributed by atoms with Crippen molar-refractivity contribution in [3.8, 4) is 0 Å². The number of hydrazone groups is 1. The minimum absolute atomic E-state index is 0.0122. The summed E-state index contributed by atoms with van der Waals surface area (Å²) in [5.41, 5.74) is -0.121. The maximum absolute atomic E-state index is 13.0. The van der Waals surface area contributed by atoms with Crippen LogP contribution in [0.3, 0.4) is 0 Å². The number of aliphatic carboxylic acids is 1. The maximum Gasteiger partial charge on any atom is 0.330 e. The van der Waals surface area contributed by atoms with Crippen LogP contribution in [0.4, 0.5) is 0 Å². The lowest BCUT2D eigenvalue weighted by molar-refractivity contribution is -0.142. The van der Waals surface area contributed by atoms with Crippen molar-refractivity contribution < 1.29 is 14.7 Å². The third kappa shape index (κ3) is 1.90. The van der Waals surface area contributed by atoms with Gasteiger partial charge in [-0.25, -0.2) is 4.79 Å². The first-order valence-electron chi connectivity index (χ1n) is 7.98. The van der Waals surface area contributed by atoms with Crippen LogP contribution in [0.15, 0.2) is 10.4 Å².